The Morgan fingerprint density at radius 1 is 1.05 bits per heavy atom. The Morgan fingerprint density at radius 3 is 2.79 bits per heavy atom. The minimum Gasteiger partial charge on any atom is -0.437 e. The summed E-state index contributed by atoms with van der Waals surface area (Å²) in [4.78, 5) is 12.6. The van der Waals surface area contributed by atoms with Crippen molar-refractivity contribution in [2.75, 3.05) is 5.73 Å². The number of ether oxygens (including phenoxy) is 1. The van der Waals surface area contributed by atoms with Gasteiger partial charge in [0.15, 0.2) is 11.4 Å². The van der Waals surface area contributed by atoms with Gasteiger partial charge in [0.1, 0.15) is 5.52 Å². The number of nitrogen functional groups attached to an aromatic ring is 1. The highest BCUT2D eigenvalue weighted by molar-refractivity contribution is 5.69. The molecule has 0 saturated carbocycles. The number of aryl methyl sites for hydroxylation is 1. The second-order valence-corrected chi connectivity index (χ2v) is 4.19. The highest BCUT2D eigenvalue weighted by atomic mass is 16.5. The fourth-order valence-electron chi connectivity index (χ4n) is 1.74. The maximum Gasteiger partial charge on any atom is 0.221 e. The minimum absolute atomic E-state index is 0.449. The van der Waals surface area contributed by atoms with Crippen molar-refractivity contribution in [2.24, 2.45) is 0 Å². The first-order valence-corrected chi connectivity index (χ1v) is 5.84. The van der Waals surface area contributed by atoms with Gasteiger partial charge in [-0.15, -0.1) is 0 Å². The molecule has 2 heterocycles. The topological polar surface area (TPSA) is 73.9 Å². The Labute approximate surface area is 110 Å². The summed E-state index contributed by atoms with van der Waals surface area (Å²) in [6.45, 7) is 1.98. The predicted octanol–water partition coefficient (Wildman–Crippen LogP) is 2.71. The zero-order valence-electron chi connectivity index (χ0n) is 10.4. The van der Waals surface area contributed by atoms with Crippen LogP contribution >= 0.6 is 0 Å². The molecule has 5 nitrogen and oxygen atoms in total. The normalized spacial score (nSPS) is 10.6. The first-order valence-electron chi connectivity index (χ1n) is 5.84. The molecule has 1 aromatic carbocycles. The molecule has 3 aromatic rings. The third-order valence-corrected chi connectivity index (χ3v) is 2.69. The molecule has 0 aliphatic heterocycles. The Bertz CT molecular complexity index is 742. The fourth-order valence-corrected chi connectivity index (χ4v) is 1.74. The van der Waals surface area contributed by atoms with E-state index in [1.165, 1.54) is 0 Å². The summed E-state index contributed by atoms with van der Waals surface area (Å²) in [6.07, 6.45) is 3.23. The van der Waals surface area contributed by atoms with Crippen LogP contribution in [0.25, 0.3) is 11.2 Å². The van der Waals surface area contributed by atoms with Crippen LogP contribution in [0.4, 0.5) is 5.69 Å². The summed E-state index contributed by atoms with van der Waals surface area (Å²) in [6, 6.07) is 9.18. The van der Waals surface area contributed by atoms with Crippen LogP contribution in [0.2, 0.25) is 0 Å². The van der Waals surface area contributed by atoms with E-state index in [1.807, 2.05) is 31.2 Å². The number of anilines is 1. The van der Waals surface area contributed by atoms with Gasteiger partial charge in [-0.3, -0.25) is 4.98 Å². The van der Waals surface area contributed by atoms with Crippen molar-refractivity contribution in [3.05, 3.63) is 48.3 Å². The lowest BCUT2D eigenvalue weighted by Gasteiger charge is -2.08. The van der Waals surface area contributed by atoms with E-state index >= 15 is 0 Å². The molecule has 0 bridgehead atoms. The Balaban J connectivity index is 1.98. The van der Waals surface area contributed by atoms with Crippen LogP contribution in [0.3, 0.4) is 0 Å². The van der Waals surface area contributed by atoms with Gasteiger partial charge in [0.25, 0.3) is 0 Å². The maximum absolute atomic E-state index is 5.87. The number of hydrogen-bond acceptors (Lipinski definition) is 5. The smallest absolute Gasteiger partial charge is 0.221 e. The number of fused-ring (bicyclic) bond motifs is 1. The molecular weight excluding hydrogens is 240 g/mol. The number of rotatable bonds is 2. The largest absolute Gasteiger partial charge is 0.437 e. The van der Waals surface area contributed by atoms with E-state index in [0.717, 1.165) is 11.1 Å². The van der Waals surface area contributed by atoms with E-state index in [-0.39, 0.29) is 0 Å². The molecule has 0 fully saturated rings. The number of nitrogens with two attached hydrogens (primary N) is 1. The van der Waals surface area contributed by atoms with Crippen molar-refractivity contribution in [3.63, 3.8) is 0 Å². The van der Waals surface area contributed by atoms with Gasteiger partial charge in [-0.05, 0) is 30.7 Å². The lowest BCUT2D eigenvalue weighted by Crippen LogP contribution is -1.95. The number of nitrogens with zero attached hydrogens (tertiary/aromatic N) is 3. The molecule has 0 aliphatic rings. The summed E-state index contributed by atoms with van der Waals surface area (Å²) in [5, 5.41) is 0. The van der Waals surface area contributed by atoms with Crippen LogP contribution in [-0.2, 0) is 0 Å². The van der Waals surface area contributed by atoms with E-state index in [2.05, 4.69) is 15.0 Å². The van der Waals surface area contributed by atoms with Crippen molar-refractivity contribution in [1.29, 1.82) is 0 Å². The van der Waals surface area contributed by atoms with E-state index in [0.29, 0.717) is 23.0 Å². The van der Waals surface area contributed by atoms with Gasteiger partial charge in [-0.2, -0.15) is 4.98 Å². The average molecular weight is 252 g/mol. The van der Waals surface area contributed by atoms with Crippen molar-refractivity contribution >= 4 is 16.9 Å². The number of pyridine rings is 1. The molecule has 0 atom stereocenters. The summed E-state index contributed by atoms with van der Waals surface area (Å²) < 4.78 is 5.69. The van der Waals surface area contributed by atoms with Crippen LogP contribution in [0.1, 0.15) is 5.56 Å². The summed E-state index contributed by atoms with van der Waals surface area (Å²) in [5.41, 5.74) is 8.79. The molecule has 0 radical (unpaired) electrons. The van der Waals surface area contributed by atoms with Crippen LogP contribution in [0, 0.1) is 6.92 Å². The van der Waals surface area contributed by atoms with Gasteiger partial charge < -0.3 is 10.5 Å². The molecule has 0 unspecified atom stereocenters. The Hall–Kier alpha value is -2.69. The number of benzene rings is 1. The lowest BCUT2D eigenvalue weighted by atomic mass is 10.2. The first kappa shape index (κ1) is 11.4. The minimum atomic E-state index is 0.449. The quantitative estimate of drug-likeness (QED) is 0.710. The van der Waals surface area contributed by atoms with Crippen LogP contribution in [0.15, 0.2) is 42.7 Å². The van der Waals surface area contributed by atoms with Crippen molar-refractivity contribution in [2.45, 2.75) is 6.92 Å². The second kappa shape index (κ2) is 4.53. The molecule has 0 spiro atoms. The predicted molar refractivity (Wildman–Crippen MR) is 73.0 cm³/mol. The SMILES string of the molecule is Cc1ccc(N)c(Oc2ccc3nccnc3n2)c1. The van der Waals surface area contributed by atoms with Crippen molar-refractivity contribution in [3.8, 4) is 11.6 Å². The third-order valence-electron chi connectivity index (χ3n) is 2.69. The Kier molecular flexibility index (Phi) is 2.72. The molecule has 5 heteroatoms. The number of aromatic nitrogens is 3. The van der Waals surface area contributed by atoms with E-state index in [9.17, 15) is 0 Å². The fraction of sp³-hybridized carbons (Fsp3) is 0.0714. The van der Waals surface area contributed by atoms with Gasteiger partial charge in [0, 0.05) is 18.5 Å². The molecule has 0 saturated heterocycles. The lowest BCUT2D eigenvalue weighted by molar-refractivity contribution is 0.466. The van der Waals surface area contributed by atoms with Gasteiger partial charge >= 0.3 is 0 Å². The van der Waals surface area contributed by atoms with E-state index in [4.69, 9.17) is 10.5 Å². The standard InChI is InChI=1S/C14H12N4O/c1-9-2-3-10(15)12(8-9)19-13-5-4-11-14(18-13)17-7-6-16-11/h2-8H,15H2,1H3. The molecule has 94 valence electrons. The summed E-state index contributed by atoms with van der Waals surface area (Å²) >= 11 is 0. The van der Waals surface area contributed by atoms with Crippen LogP contribution in [-0.4, -0.2) is 15.0 Å². The molecule has 0 amide bonds. The molecule has 3 rings (SSSR count). The average Bonchev–Trinajstić information content (AvgIpc) is 2.43. The highest BCUT2D eigenvalue weighted by Gasteiger charge is 2.05. The number of hydrogen-bond donors (Lipinski definition) is 1. The van der Waals surface area contributed by atoms with Gasteiger partial charge in [-0.1, -0.05) is 6.07 Å². The molecular formula is C14H12N4O. The summed E-state index contributed by atoms with van der Waals surface area (Å²) in [5.74, 6) is 1.04. The van der Waals surface area contributed by atoms with E-state index < -0.39 is 0 Å². The van der Waals surface area contributed by atoms with Gasteiger partial charge in [0.2, 0.25) is 5.88 Å². The highest BCUT2D eigenvalue weighted by Crippen LogP contribution is 2.27. The van der Waals surface area contributed by atoms with Gasteiger partial charge in [-0.25, -0.2) is 4.98 Å². The van der Waals surface area contributed by atoms with Crippen molar-refractivity contribution < 1.29 is 4.74 Å². The maximum atomic E-state index is 5.87. The first-order chi connectivity index (χ1) is 9.22. The monoisotopic (exact) mass is 252 g/mol. The molecule has 0 aliphatic carbocycles. The van der Waals surface area contributed by atoms with Crippen LogP contribution < -0.4 is 10.5 Å². The molecule has 2 aromatic heterocycles. The zero-order valence-corrected chi connectivity index (χ0v) is 10.4. The van der Waals surface area contributed by atoms with E-state index in [1.54, 1.807) is 18.5 Å². The van der Waals surface area contributed by atoms with Gasteiger partial charge in [0.05, 0.1) is 5.69 Å². The van der Waals surface area contributed by atoms with Crippen molar-refractivity contribution in [1.82, 2.24) is 15.0 Å². The third kappa shape index (κ3) is 2.30. The molecule has 2 N–H and O–H groups in total. The second-order valence-electron chi connectivity index (χ2n) is 4.19. The zero-order chi connectivity index (χ0) is 13.2. The Morgan fingerprint density at radius 2 is 1.89 bits per heavy atom. The molecule has 19 heavy (non-hydrogen) atoms. The van der Waals surface area contributed by atoms with Crippen LogP contribution in [0.5, 0.6) is 11.6 Å². The summed E-state index contributed by atoms with van der Waals surface area (Å²) in [7, 11) is 0.